The number of halogens is 2. The normalized spacial score (nSPS) is 14.3. The van der Waals surface area contributed by atoms with Crippen LogP contribution >= 0.6 is 0 Å². The average Bonchev–Trinajstić information content (AvgIpc) is 2.84. The second-order valence-corrected chi connectivity index (χ2v) is 8.11. The van der Waals surface area contributed by atoms with Crippen LogP contribution < -0.4 is 10.1 Å². The molecule has 0 radical (unpaired) electrons. The summed E-state index contributed by atoms with van der Waals surface area (Å²) in [5.41, 5.74) is 3.43. The number of rotatable bonds is 8. The van der Waals surface area contributed by atoms with Crippen LogP contribution in [0.2, 0.25) is 0 Å². The van der Waals surface area contributed by atoms with E-state index in [4.69, 9.17) is 4.74 Å². The summed E-state index contributed by atoms with van der Waals surface area (Å²) in [6.45, 7) is 0.278. The maximum Gasteiger partial charge on any atom is 0.387 e. The minimum atomic E-state index is -2.85. The summed E-state index contributed by atoms with van der Waals surface area (Å²) in [5, 5.41) is 3.19. The van der Waals surface area contributed by atoms with Gasteiger partial charge in [-0.05, 0) is 47.7 Å². The monoisotopic (exact) mass is 480 g/mol. The molecule has 2 heterocycles. The van der Waals surface area contributed by atoms with E-state index in [2.05, 4.69) is 31.1 Å². The molecule has 1 fully saturated rings. The lowest BCUT2D eigenvalue weighted by atomic mass is 10.1. The Bertz CT molecular complexity index is 1150. The van der Waals surface area contributed by atoms with Crippen LogP contribution in [0.1, 0.15) is 25.3 Å². The van der Waals surface area contributed by atoms with Gasteiger partial charge >= 0.3 is 12.6 Å². The predicted octanol–water partition coefficient (Wildman–Crippen LogP) is 5.49. The average molecular weight is 481 g/mol. The molecule has 1 aliphatic rings. The molecule has 9 heteroatoms. The van der Waals surface area contributed by atoms with Crippen molar-refractivity contribution >= 4 is 23.7 Å². The summed E-state index contributed by atoms with van der Waals surface area (Å²) in [6.07, 6.45) is 9.10. The summed E-state index contributed by atoms with van der Waals surface area (Å²) in [6, 6.07) is 14.2. The van der Waals surface area contributed by atoms with E-state index in [1.54, 1.807) is 24.5 Å². The SMILES string of the molecule is CC(=O)OC1CCN(C=Cc2cccc(Nc3ncc(-c4ccc(OC(F)F)cc4)cn3)c2)CC1. The molecule has 0 atom stereocenters. The fourth-order valence-electron chi connectivity index (χ4n) is 3.79. The molecule has 0 saturated carbocycles. The van der Waals surface area contributed by atoms with E-state index < -0.39 is 6.61 Å². The Hall–Kier alpha value is -4.01. The molecule has 0 bridgehead atoms. The molecule has 1 N–H and O–H groups in total. The van der Waals surface area contributed by atoms with Crippen molar-refractivity contribution in [1.29, 1.82) is 0 Å². The lowest BCUT2D eigenvalue weighted by molar-refractivity contribution is -0.148. The van der Waals surface area contributed by atoms with Gasteiger partial charge in [0, 0.05) is 56.5 Å². The number of alkyl halides is 2. The second kappa shape index (κ2) is 11.4. The number of piperidine rings is 1. The first-order valence-corrected chi connectivity index (χ1v) is 11.3. The van der Waals surface area contributed by atoms with Crippen molar-refractivity contribution < 1.29 is 23.0 Å². The van der Waals surface area contributed by atoms with Crippen molar-refractivity contribution in [3.8, 4) is 16.9 Å². The highest BCUT2D eigenvalue weighted by Gasteiger charge is 2.19. The van der Waals surface area contributed by atoms with Crippen LogP contribution in [0, 0.1) is 0 Å². The van der Waals surface area contributed by atoms with Gasteiger partial charge in [-0.1, -0.05) is 24.3 Å². The van der Waals surface area contributed by atoms with E-state index in [-0.39, 0.29) is 17.8 Å². The summed E-state index contributed by atoms with van der Waals surface area (Å²) in [5.74, 6) is 0.321. The molecule has 0 aliphatic carbocycles. The van der Waals surface area contributed by atoms with Crippen LogP contribution in [0.15, 0.2) is 67.1 Å². The Morgan fingerprint density at radius 3 is 2.46 bits per heavy atom. The van der Waals surface area contributed by atoms with Crippen molar-refractivity contribution in [2.24, 2.45) is 0 Å². The van der Waals surface area contributed by atoms with E-state index in [1.165, 1.54) is 19.1 Å². The van der Waals surface area contributed by atoms with Gasteiger partial charge in [0.1, 0.15) is 11.9 Å². The largest absolute Gasteiger partial charge is 0.462 e. The quantitative estimate of drug-likeness (QED) is 0.428. The standard InChI is InChI=1S/C26H26F2N4O3/c1-18(33)34-24-10-13-32(14-11-24)12-9-19-3-2-4-22(15-19)31-26-29-16-21(17-30-26)20-5-7-23(8-6-20)35-25(27)28/h2-9,12,15-17,24-25H,10-11,13-14H2,1H3,(H,29,30,31). The number of benzene rings is 2. The Labute approximate surface area is 202 Å². The Morgan fingerprint density at radius 2 is 1.80 bits per heavy atom. The van der Waals surface area contributed by atoms with Gasteiger partial charge in [0.2, 0.25) is 5.95 Å². The number of nitrogens with zero attached hydrogens (tertiary/aromatic N) is 3. The molecule has 4 rings (SSSR count). The van der Waals surface area contributed by atoms with Crippen molar-refractivity contribution in [1.82, 2.24) is 14.9 Å². The molecule has 2 aromatic carbocycles. The zero-order valence-corrected chi connectivity index (χ0v) is 19.2. The first-order chi connectivity index (χ1) is 16.9. The van der Waals surface area contributed by atoms with Gasteiger partial charge in [-0.2, -0.15) is 8.78 Å². The minimum Gasteiger partial charge on any atom is -0.462 e. The lowest BCUT2D eigenvalue weighted by Crippen LogP contribution is -2.34. The van der Waals surface area contributed by atoms with Gasteiger partial charge in [-0.3, -0.25) is 4.79 Å². The lowest BCUT2D eigenvalue weighted by Gasteiger charge is -2.30. The van der Waals surface area contributed by atoms with E-state index in [1.807, 2.05) is 30.3 Å². The molecule has 182 valence electrons. The van der Waals surface area contributed by atoms with Crippen molar-refractivity contribution in [3.05, 3.63) is 72.7 Å². The number of likely N-dealkylation sites (tertiary alicyclic amines) is 1. The molecule has 1 aliphatic heterocycles. The number of hydrogen-bond acceptors (Lipinski definition) is 7. The Morgan fingerprint density at radius 1 is 1.09 bits per heavy atom. The fourth-order valence-corrected chi connectivity index (χ4v) is 3.79. The number of ether oxygens (including phenoxy) is 2. The summed E-state index contributed by atoms with van der Waals surface area (Å²) >= 11 is 0. The number of anilines is 2. The summed E-state index contributed by atoms with van der Waals surface area (Å²) < 4.78 is 34.3. The van der Waals surface area contributed by atoms with Crippen LogP contribution in [-0.2, 0) is 9.53 Å². The predicted molar refractivity (Wildman–Crippen MR) is 129 cm³/mol. The molecule has 0 amide bonds. The number of nitrogens with one attached hydrogen (secondary N) is 1. The van der Waals surface area contributed by atoms with Gasteiger partial charge in [-0.25, -0.2) is 9.97 Å². The highest BCUT2D eigenvalue weighted by Crippen LogP contribution is 2.24. The maximum atomic E-state index is 12.3. The highest BCUT2D eigenvalue weighted by atomic mass is 19.3. The number of carbonyl (C=O) groups excluding carboxylic acids is 1. The van der Waals surface area contributed by atoms with Gasteiger partial charge in [0.25, 0.3) is 0 Å². The minimum absolute atomic E-state index is 0.00920. The molecule has 0 spiro atoms. The Kier molecular flexibility index (Phi) is 7.87. The molecular formula is C26H26F2N4O3. The van der Waals surface area contributed by atoms with Crippen LogP contribution in [0.25, 0.3) is 17.2 Å². The fraction of sp³-hybridized carbons (Fsp3) is 0.269. The third-order valence-corrected chi connectivity index (χ3v) is 5.49. The first kappa shape index (κ1) is 24.1. The molecule has 1 aromatic heterocycles. The van der Waals surface area contributed by atoms with E-state index in [9.17, 15) is 13.6 Å². The van der Waals surface area contributed by atoms with Gasteiger partial charge in [-0.15, -0.1) is 0 Å². The van der Waals surface area contributed by atoms with Crippen LogP contribution in [-0.4, -0.2) is 46.6 Å². The molecular weight excluding hydrogens is 454 g/mol. The van der Waals surface area contributed by atoms with Crippen LogP contribution in [0.5, 0.6) is 5.75 Å². The van der Waals surface area contributed by atoms with E-state index in [0.717, 1.165) is 48.3 Å². The van der Waals surface area contributed by atoms with Crippen molar-refractivity contribution in [3.63, 3.8) is 0 Å². The number of esters is 1. The number of carbonyl (C=O) groups is 1. The molecule has 35 heavy (non-hydrogen) atoms. The van der Waals surface area contributed by atoms with E-state index in [0.29, 0.717) is 5.95 Å². The van der Waals surface area contributed by atoms with Crippen LogP contribution in [0.4, 0.5) is 20.4 Å². The topological polar surface area (TPSA) is 76.6 Å². The van der Waals surface area contributed by atoms with Crippen molar-refractivity contribution in [2.45, 2.75) is 32.5 Å². The first-order valence-electron chi connectivity index (χ1n) is 11.3. The second-order valence-electron chi connectivity index (χ2n) is 8.11. The maximum absolute atomic E-state index is 12.3. The molecule has 3 aromatic rings. The zero-order valence-electron chi connectivity index (χ0n) is 19.2. The summed E-state index contributed by atoms with van der Waals surface area (Å²) in [4.78, 5) is 22.0. The van der Waals surface area contributed by atoms with E-state index >= 15 is 0 Å². The molecule has 7 nitrogen and oxygen atoms in total. The van der Waals surface area contributed by atoms with Gasteiger partial charge < -0.3 is 19.7 Å². The third kappa shape index (κ3) is 7.23. The third-order valence-electron chi connectivity index (χ3n) is 5.49. The number of hydrogen-bond donors (Lipinski definition) is 1. The summed E-state index contributed by atoms with van der Waals surface area (Å²) in [7, 11) is 0. The zero-order chi connectivity index (χ0) is 24.6. The van der Waals surface area contributed by atoms with Crippen molar-refractivity contribution in [2.75, 3.05) is 18.4 Å². The molecule has 0 unspecified atom stereocenters. The van der Waals surface area contributed by atoms with Crippen LogP contribution in [0.3, 0.4) is 0 Å². The van der Waals surface area contributed by atoms with Gasteiger partial charge in [0.05, 0.1) is 0 Å². The Balaban J connectivity index is 1.33. The molecule has 1 saturated heterocycles. The van der Waals surface area contributed by atoms with Gasteiger partial charge in [0.15, 0.2) is 0 Å². The number of aromatic nitrogens is 2. The highest BCUT2D eigenvalue weighted by molar-refractivity contribution is 5.66. The smallest absolute Gasteiger partial charge is 0.387 e.